The van der Waals surface area contributed by atoms with E-state index in [2.05, 4.69) is 20.8 Å². The second-order valence-electron chi connectivity index (χ2n) is 4.69. The van der Waals surface area contributed by atoms with E-state index in [0.717, 1.165) is 35.9 Å². The van der Waals surface area contributed by atoms with E-state index >= 15 is 0 Å². The largest absolute Gasteiger partial charge is 0.497 e. The number of benzene rings is 1. The Morgan fingerprint density at radius 2 is 1.95 bits per heavy atom. The van der Waals surface area contributed by atoms with Gasteiger partial charge in [-0.05, 0) is 36.6 Å². The number of fused-ring (bicyclic) bond motifs is 1. The Labute approximate surface area is 112 Å². The molecule has 98 valence electrons. The standard InChI is InChI=1S/C15H17N3O/c1-19-13-8-5-12(6-9-13)7-10-15-17-16-14-4-2-3-11-18(14)15/h5-10H,2-4,11H2,1H3/b10-7+. The van der Waals surface area contributed by atoms with Crippen LogP contribution in [0.3, 0.4) is 0 Å². The monoisotopic (exact) mass is 255 g/mol. The Kier molecular flexibility index (Phi) is 3.31. The lowest BCUT2D eigenvalue weighted by Gasteiger charge is -2.13. The Bertz CT molecular complexity index is 584. The Morgan fingerprint density at radius 1 is 1.11 bits per heavy atom. The number of aromatic nitrogens is 3. The van der Waals surface area contributed by atoms with Gasteiger partial charge in [0.1, 0.15) is 11.6 Å². The van der Waals surface area contributed by atoms with Crippen LogP contribution in [-0.2, 0) is 13.0 Å². The molecule has 0 aliphatic carbocycles. The minimum Gasteiger partial charge on any atom is -0.497 e. The average Bonchev–Trinajstić information content (AvgIpc) is 2.89. The van der Waals surface area contributed by atoms with Crippen molar-refractivity contribution >= 4 is 12.2 Å². The van der Waals surface area contributed by atoms with Gasteiger partial charge < -0.3 is 9.30 Å². The van der Waals surface area contributed by atoms with Crippen LogP contribution in [-0.4, -0.2) is 21.9 Å². The van der Waals surface area contributed by atoms with Gasteiger partial charge in [-0.3, -0.25) is 0 Å². The van der Waals surface area contributed by atoms with Gasteiger partial charge >= 0.3 is 0 Å². The van der Waals surface area contributed by atoms with Crippen molar-refractivity contribution < 1.29 is 4.74 Å². The van der Waals surface area contributed by atoms with Crippen LogP contribution >= 0.6 is 0 Å². The van der Waals surface area contributed by atoms with Crippen molar-refractivity contribution in [1.29, 1.82) is 0 Å². The molecule has 0 saturated heterocycles. The topological polar surface area (TPSA) is 39.9 Å². The minimum absolute atomic E-state index is 0.872. The number of aryl methyl sites for hydroxylation is 1. The number of rotatable bonds is 3. The average molecular weight is 255 g/mol. The van der Waals surface area contributed by atoms with Crippen LogP contribution in [0.25, 0.3) is 12.2 Å². The molecule has 1 aromatic heterocycles. The van der Waals surface area contributed by atoms with Crippen LogP contribution in [0.15, 0.2) is 24.3 Å². The van der Waals surface area contributed by atoms with E-state index in [0.29, 0.717) is 0 Å². The van der Waals surface area contributed by atoms with E-state index in [1.165, 1.54) is 12.8 Å². The maximum Gasteiger partial charge on any atom is 0.156 e. The molecule has 1 aliphatic heterocycles. The molecule has 0 fully saturated rings. The smallest absolute Gasteiger partial charge is 0.156 e. The molecule has 0 N–H and O–H groups in total. The lowest BCUT2D eigenvalue weighted by Crippen LogP contribution is -2.11. The summed E-state index contributed by atoms with van der Waals surface area (Å²) in [5.41, 5.74) is 1.13. The van der Waals surface area contributed by atoms with Crippen LogP contribution < -0.4 is 4.74 Å². The van der Waals surface area contributed by atoms with Crippen LogP contribution in [0.1, 0.15) is 30.1 Å². The van der Waals surface area contributed by atoms with Gasteiger partial charge in [-0.25, -0.2) is 0 Å². The van der Waals surface area contributed by atoms with Crippen molar-refractivity contribution in [2.75, 3.05) is 7.11 Å². The Hall–Kier alpha value is -2.10. The number of ether oxygens (including phenoxy) is 1. The molecular weight excluding hydrogens is 238 g/mol. The third-order valence-corrected chi connectivity index (χ3v) is 3.43. The van der Waals surface area contributed by atoms with Crippen LogP contribution in [0.5, 0.6) is 5.75 Å². The lowest BCUT2D eigenvalue weighted by atomic mass is 10.1. The molecule has 0 amide bonds. The fourth-order valence-electron chi connectivity index (χ4n) is 2.34. The summed E-state index contributed by atoms with van der Waals surface area (Å²) in [7, 11) is 1.67. The molecule has 0 bridgehead atoms. The molecule has 1 aromatic carbocycles. The molecule has 0 unspecified atom stereocenters. The first-order valence-corrected chi connectivity index (χ1v) is 6.61. The SMILES string of the molecule is COc1ccc(/C=C/c2nnc3n2CCCC3)cc1. The van der Waals surface area contributed by atoms with Crippen LogP contribution in [0, 0.1) is 0 Å². The predicted octanol–water partition coefficient (Wildman–Crippen LogP) is 2.79. The van der Waals surface area contributed by atoms with Crippen LogP contribution in [0.4, 0.5) is 0 Å². The summed E-state index contributed by atoms with van der Waals surface area (Å²) in [6.07, 6.45) is 7.58. The summed E-state index contributed by atoms with van der Waals surface area (Å²) in [5, 5.41) is 8.49. The van der Waals surface area contributed by atoms with Gasteiger partial charge in [0.25, 0.3) is 0 Å². The van der Waals surface area contributed by atoms with E-state index in [9.17, 15) is 0 Å². The molecule has 19 heavy (non-hydrogen) atoms. The Morgan fingerprint density at radius 3 is 2.74 bits per heavy atom. The number of hydrogen-bond donors (Lipinski definition) is 0. The third-order valence-electron chi connectivity index (χ3n) is 3.43. The summed E-state index contributed by atoms with van der Waals surface area (Å²) < 4.78 is 7.36. The molecule has 0 radical (unpaired) electrons. The number of nitrogens with zero attached hydrogens (tertiary/aromatic N) is 3. The zero-order valence-corrected chi connectivity index (χ0v) is 11.0. The zero-order valence-electron chi connectivity index (χ0n) is 11.0. The predicted molar refractivity (Wildman–Crippen MR) is 74.9 cm³/mol. The highest BCUT2D eigenvalue weighted by Gasteiger charge is 2.13. The molecule has 0 saturated carbocycles. The second-order valence-corrected chi connectivity index (χ2v) is 4.69. The van der Waals surface area contributed by atoms with E-state index in [1.807, 2.05) is 30.3 Å². The molecule has 4 nitrogen and oxygen atoms in total. The highest BCUT2D eigenvalue weighted by molar-refractivity contribution is 5.67. The van der Waals surface area contributed by atoms with Gasteiger partial charge in [0, 0.05) is 13.0 Å². The fourth-order valence-corrected chi connectivity index (χ4v) is 2.34. The van der Waals surface area contributed by atoms with Crippen molar-refractivity contribution in [3.8, 4) is 5.75 Å². The van der Waals surface area contributed by atoms with E-state index in [1.54, 1.807) is 7.11 Å². The number of hydrogen-bond acceptors (Lipinski definition) is 3. The van der Waals surface area contributed by atoms with Crippen molar-refractivity contribution in [1.82, 2.24) is 14.8 Å². The van der Waals surface area contributed by atoms with Crippen LogP contribution in [0.2, 0.25) is 0 Å². The molecule has 2 aromatic rings. The maximum atomic E-state index is 5.14. The second kappa shape index (κ2) is 5.26. The van der Waals surface area contributed by atoms with E-state index in [-0.39, 0.29) is 0 Å². The van der Waals surface area contributed by atoms with Gasteiger partial charge in [0.05, 0.1) is 7.11 Å². The first-order valence-electron chi connectivity index (χ1n) is 6.61. The normalized spacial score (nSPS) is 14.6. The van der Waals surface area contributed by atoms with Gasteiger partial charge in [-0.1, -0.05) is 18.2 Å². The summed E-state index contributed by atoms with van der Waals surface area (Å²) in [4.78, 5) is 0. The molecule has 2 heterocycles. The minimum atomic E-state index is 0.872. The Balaban J connectivity index is 1.80. The van der Waals surface area contributed by atoms with E-state index in [4.69, 9.17) is 4.74 Å². The van der Waals surface area contributed by atoms with Crippen molar-refractivity contribution in [2.24, 2.45) is 0 Å². The van der Waals surface area contributed by atoms with Crippen molar-refractivity contribution in [3.05, 3.63) is 41.5 Å². The summed E-state index contributed by atoms with van der Waals surface area (Å²) in [6, 6.07) is 7.98. The first kappa shape index (κ1) is 12.0. The molecule has 1 aliphatic rings. The lowest BCUT2D eigenvalue weighted by molar-refractivity contribution is 0.415. The summed E-state index contributed by atoms with van der Waals surface area (Å²) in [6.45, 7) is 1.03. The van der Waals surface area contributed by atoms with Gasteiger partial charge in [0.2, 0.25) is 0 Å². The molecular formula is C15H17N3O. The molecule has 0 atom stereocenters. The molecule has 4 heteroatoms. The number of methoxy groups -OCH3 is 1. The van der Waals surface area contributed by atoms with Gasteiger partial charge in [-0.15, -0.1) is 10.2 Å². The van der Waals surface area contributed by atoms with Crippen molar-refractivity contribution in [2.45, 2.75) is 25.8 Å². The quantitative estimate of drug-likeness (QED) is 0.846. The van der Waals surface area contributed by atoms with Gasteiger partial charge in [-0.2, -0.15) is 0 Å². The summed E-state index contributed by atoms with van der Waals surface area (Å²) in [5.74, 6) is 2.93. The maximum absolute atomic E-state index is 5.14. The molecule has 3 rings (SSSR count). The van der Waals surface area contributed by atoms with Crippen molar-refractivity contribution in [3.63, 3.8) is 0 Å². The highest BCUT2D eigenvalue weighted by atomic mass is 16.5. The summed E-state index contributed by atoms with van der Waals surface area (Å²) >= 11 is 0. The highest BCUT2D eigenvalue weighted by Crippen LogP contribution is 2.17. The first-order chi connectivity index (χ1) is 9.36. The van der Waals surface area contributed by atoms with Gasteiger partial charge in [0.15, 0.2) is 5.82 Å². The molecule has 0 spiro atoms. The van der Waals surface area contributed by atoms with E-state index < -0.39 is 0 Å². The zero-order chi connectivity index (χ0) is 13.1. The fraction of sp³-hybridized carbons (Fsp3) is 0.333. The third kappa shape index (κ3) is 2.52.